The van der Waals surface area contributed by atoms with Gasteiger partial charge in [-0.1, -0.05) is 33.1 Å². The highest BCUT2D eigenvalue weighted by atomic mass is 16.6. The molecule has 1 aliphatic carbocycles. The molecule has 2 aromatic rings. The lowest BCUT2D eigenvalue weighted by Crippen LogP contribution is -2.55. The maximum atomic E-state index is 14.3. The first-order valence-corrected chi connectivity index (χ1v) is 16.2. The minimum atomic E-state index is -0.854. The summed E-state index contributed by atoms with van der Waals surface area (Å²) >= 11 is 0. The third-order valence-electron chi connectivity index (χ3n) is 9.31. The highest BCUT2D eigenvalue weighted by Gasteiger charge is 2.46. The van der Waals surface area contributed by atoms with Gasteiger partial charge >= 0.3 is 12.1 Å². The number of aromatic nitrogens is 1. The van der Waals surface area contributed by atoms with Crippen molar-refractivity contribution in [2.24, 2.45) is 11.3 Å². The topological polar surface area (TPSA) is 126 Å². The van der Waals surface area contributed by atoms with Crippen LogP contribution in [0.3, 0.4) is 0 Å². The van der Waals surface area contributed by atoms with E-state index in [9.17, 15) is 14.4 Å². The number of rotatable bonds is 5. The first-order chi connectivity index (χ1) is 21.6. The summed E-state index contributed by atoms with van der Waals surface area (Å²) < 4.78 is 29.0. The average molecular weight is 626 g/mol. The van der Waals surface area contributed by atoms with Crippen LogP contribution in [0.1, 0.15) is 77.7 Å². The Morgan fingerprint density at radius 1 is 1.11 bits per heavy atom. The fourth-order valence-corrected chi connectivity index (χ4v) is 6.90. The molecule has 45 heavy (non-hydrogen) atoms. The second kappa shape index (κ2) is 14.1. The lowest BCUT2D eigenvalue weighted by molar-refractivity contribution is -0.152. The highest BCUT2D eigenvalue weighted by molar-refractivity contribution is 5.91. The average Bonchev–Trinajstić information content (AvgIpc) is 3.45. The minimum absolute atomic E-state index is 0.0537. The Kier molecular flexibility index (Phi) is 10.2. The van der Waals surface area contributed by atoms with Crippen LogP contribution in [0.15, 0.2) is 18.2 Å². The predicted octanol–water partition coefficient (Wildman–Crippen LogP) is 5.20. The molecule has 3 heterocycles. The van der Waals surface area contributed by atoms with Crippen LogP contribution in [-0.4, -0.2) is 80.0 Å². The van der Waals surface area contributed by atoms with Crippen molar-refractivity contribution in [3.63, 3.8) is 0 Å². The smallest absolute Gasteiger partial charge is 0.407 e. The summed E-state index contributed by atoms with van der Waals surface area (Å²) in [7, 11) is 2.96. The van der Waals surface area contributed by atoms with Gasteiger partial charge in [0.15, 0.2) is 0 Å². The molecule has 1 aromatic heterocycles. The number of carbonyl (C=O) groups is 3. The zero-order chi connectivity index (χ0) is 32.1. The largest absolute Gasteiger partial charge is 0.496 e. The van der Waals surface area contributed by atoms with Gasteiger partial charge in [-0.05, 0) is 62.0 Å². The first kappa shape index (κ1) is 32.6. The molecule has 246 valence electrons. The fraction of sp³-hybridized carbons (Fsp3) is 0.647. The van der Waals surface area contributed by atoms with E-state index in [1.807, 2.05) is 19.1 Å². The number of carbonyl (C=O) groups excluding carboxylic acids is 3. The molecule has 2 amide bonds. The second-order valence-corrected chi connectivity index (χ2v) is 13.2. The summed E-state index contributed by atoms with van der Waals surface area (Å²) in [5, 5.41) is 3.71. The van der Waals surface area contributed by atoms with Crippen molar-refractivity contribution in [3.8, 4) is 17.4 Å². The predicted molar refractivity (Wildman–Crippen MR) is 168 cm³/mol. The summed E-state index contributed by atoms with van der Waals surface area (Å²) in [5.74, 6) is 0.795. The summed E-state index contributed by atoms with van der Waals surface area (Å²) in [6.45, 7) is 6.81. The van der Waals surface area contributed by atoms with Gasteiger partial charge in [0.05, 0.1) is 39.5 Å². The van der Waals surface area contributed by atoms with Crippen molar-refractivity contribution in [1.29, 1.82) is 0 Å². The normalized spacial score (nSPS) is 24.6. The molecule has 2 aliphatic heterocycles. The number of benzene rings is 1. The lowest BCUT2D eigenvalue weighted by atomic mass is 9.83. The summed E-state index contributed by atoms with van der Waals surface area (Å²) in [5.41, 5.74) is 1.37. The molecule has 3 atom stereocenters. The molecule has 1 saturated heterocycles. The van der Waals surface area contributed by atoms with E-state index in [0.29, 0.717) is 23.8 Å². The van der Waals surface area contributed by atoms with E-state index >= 15 is 0 Å². The van der Waals surface area contributed by atoms with Crippen molar-refractivity contribution < 1.29 is 38.1 Å². The van der Waals surface area contributed by atoms with Gasteiger partial charge < -0.3 is 33.9 Å². The van der Waals surface area contributed by atoms with Crippen molar-refractivity contribution in [1.82, 2.24) is 15.2 Å². The Morgan fingerprint density at radius 2 is 1.89 bits per heavy atom. The third-order valence-corrected chi connectivity index (χ3v) is 9.31. The second-order valence-electron chi connectivity index (χ2n) is 13.2. The van der Waals surface area contributed by atoms with Crippen molar-refractivity contribution in [2.45, 2.75) is 96.7 Å². The number of ether oxygens (including phenoxy) is 5. The van der Waals surface area contributed by atoms with Gasteiger partial charge in [0.2, 0.25) is 11.8 Å². The molecule has 0 radical (unpaired) electrons. The number of pyridine rings is 1. The van der Waals surface area contributed by atoms with E-state index in [1.54, 1.807) is 13.2 Å². The van der Waals surface area contributed by atoms with Crippen LogP contribution in [0.2, 0.25) is 0 Å². The van der Waals surface area contributed by atoms with Gasteiger partial charge in [-0.15, -0.1) is 0 Å². The molecule has 1 saturated carbocycles. The zero-order valence-corrected chi connectivity index (χ0v) is 27.2. The van der Waals surface area contributed by atoms with Gasteiger partial charge in [-0.25, -0.2) is 14.6 Å². The number of amides is 2. The van der Waals surface area contributed by atoms with Gasteiger partial charge in [-0.3, -0.25) is 4.79 Å². The van der Waals surface area contributed by atoms with Crippen LogP contribution in [-0.2, 0) is 25.5 Å². The molecular weight excluding hydrogens is 578 g/mol. The van der Waals surface area contributed by atoms with Crippen LogP contribution in [0.5, 0.6) is 17.4 Å². The lowest BCUT2D eigenvalue weighted by Gasteiger charge is -2.34. The van der Waals surface area contributed by atoms with E-state index < -0.39 is 30.3 Å². The van der Waals surface area contributed by atoms with Crippen molar-refractivity contribution in [3.05, 3.63) is 23.8 Å². The molecule has 0 unspecified atom stereocenters. The van der Waals surface area contributed by atoms with Gasteiger partial charge in [0.1, 0.15) is 29.7 Å². The number of hydrogen-bond donors (Lipinski definition) is 1. The molecule has 4 bridgehead atoms. The number of esters is 1. The minimum Gasteiger partial charge on any atom is -0.496 e. The van der Waals surface area contributed by atoms with Crippen LogP contribution in [0, 0.1) is 11.3 Å². The quantitative estimate of drug-likeness (QED) is 0.446. The summed E-state index contributed by atoms with van der Waals surface area (Å²) in [6, 6.07) is 4.04. The Bertz CT molecular complexity index is 1390. The highest BCUT2D eigenvalue weighted by Crippen LogP contribution is 2.37. The molecular formula is C34H47N3O8. The molecule has 1 aromatic carbocycles. The number of nitrogens with one attached hydrogen (secondary N) is 1. The third kappa shape index (κ3) is 7.56. The van der Waals surface area contributed by atoms with Crippen LogP contribution >= 0.6 is 0 Å². The number of fused-ring (bicyclic) bond motifs is 3. The van der Waals surface area contributed by atoms with Gasteiger partial charge in [0.25, 0.3) is 0 Å². The monoisotopic (exact) mass is 625 g/mol. The maximum absolute atomic E-state index is 14.3. The molecule has 0 spiro atoms. The number of nitrogens with zero attached hydrogens (tertiary/aromatic N) is 2. The number of methoxy groups -OCH3 is 2. The number of cyclic esters (lactones) is 1. The maximum Gasteiger partial charge on any atom is 0.407 e. The van der Waals surface area contributed by atoms with E-state index in [0.717, 1.165) is 68.1 Å². The Balaban J connectivity index is 1.57. The van der Waals surface area contributed by atoms with E-state index in [2.05, 4.69) is 19.2 Å². The Labute approximate surface area is 265 Å². The Morgan fingerprint density at radius 3 is 2.60 bits per heavy atom. The van der Waals surface area contributed by atoms with Crippen LogP contribution in [0.4, 0.5) is 4.79 Å². The first-order valence-electron chi connectivity index (χ1n) is 16.2. The van der Waals surface area contributed by atoms with E-state index in [-0.39, 0.29) is 36.8 Å². The van der Waals surface area contributed by atoms with Gasteiger partial charge in [0, 0.05) is 23.9 Å². The SMILES string of the molecule is CCOc1cc2c3cc(c(OC)cc3n1)CCCC(C)(C)COC(=O)N[C@@H](C1CCCCC1)C(=O)N1C[C@H](C[C@H]1C(=O)OC)O2. The molecule has 11 heteroatoms. The van der Waals surface area contributed by atoms with Crippen molar-refractivity contribution >= 4 is 28.9 Å². The molecule has 11 nitrogen and oxygen atoms in total. The van der Waals surface area contributed by atoms with E-state index in [4.69, 9.17) is 28.7 Å². The van der Waals surface area contributed by atoms with E-state index in [1.165, 1.54) is 12.0 Å². The fourth-order valence-electron chi connectivity index (χ4n) is 6.90. The molecule has 5 rings (SSSR count). The summed E-state index contributed by atoms with van der Waals surface area (Å²) in [6.07, 6.45) is 6.17. The van der Waals surface area contributed by atoms with Crippen LogP contribution < -0.4 is 19.5 Å². The number of aryl methyl sites for hydroxylation is 1. The number of hydrogen-bond acceptors (Lipinski definition) is 9. The van der Waals surface area contributed by atoms with Crippen molar-refractivity contribution in [2.75, 3.05) is 34.0 Å². The Hall–Kier alpha value is -3.76. The zero-order valence-electron chi connectivity index (χ0n) is 27.2. The van der Waals surface area contributed by atoms with Gasteiger partial charge in [-0.2, -0.15) is 0 Å². The molecule has 2 fully saturated rings. The molecule has 1 N–H and O–H groups in total. The summed E-state index contributed by atoms with van der Waals surface area (Å²) in [4.78, 5) is 46.7. The molecule has 3 aliphatic rings. The number of alkyl carbamates (subject to hydrolysis) is 1. The van der Waals surface area contributed by atoms with Crippen LogP contribution in [0.25, 0.3) is 10.9 Å². The standard InChI is InChI=1S/C34H47N3O8/c1-6-43-29-18-28-24-15-22(27(41-4)17-25(24)35-29)13-10-14-34(2,3)20-44-33(40)36-30(21-11-8-7-9-12-21)31(38)37-19-23(45-28)16-26(37)32(39)42-5/h15,17-18,21,23,26,30H,6-14,16,19-20H2,1-5H3,(H,36,40)/t23-,26-,30-/m0/s1.